The van der Waals surface area contributed by atoms with E-state index >= 15 is 4.79 Å². The number of nitriles is 1. The van der Waals surface area contributed by atoms with E-state index in [0.717, 1.165) is 45.3 Å². The number of urea groups is 1. The summed E-state index contributed by atoms with van der Waals surface area (Å²) in [6.07, 6.45) is 0.183. The summed E-state index contributed by atoms with van der Waals surface area (Å²) in [5, 5.41) is 20.1. The van der Waals surface area contributed by atoms with Crippen LogP contribution in [0.1, 0.15) is 56.2 Å². The molecule has 2 N–H and O–H groups in total. The number of anilines is 1. The summed E-state index contributed by atoms with van der Waals surface area (Å²) in [7, 11) is -1.93. The molecule has 15 nitrogen and oxygen atoms in total. The van der Waals surface area contributed by atoms with Gasteiger partial charge in [-0.25, -0.2) is 23.0 Å². The molecule has 4 heterocycles. The highest BCUT2D eigenvalue weighted by atomic mass is 32.2. The van der Waals surface area contributed by atoms with Crippen molar-refractivity contribution in [3.05, 3.63) is 71.4 Å². The fourth-order valence-electron chi connectivity index (χ4n) is 7.43. The summed E-state index contributed by atoms with van der Waals surface area (Å²) < 4.78 is 78.2. The highest BCUT2D eigenvalue weighted by molar-refractivity contribution is 7.93. The van der Waals surface area contributed by atoms with Gasteiger partial charge in [0, 0.05) is 30.9 Å². The number of nitrogens with one attached hydrogen (secondary N) is 1. The van der Waals surface area contributed by atoms with Gasteiger partial charge >= 0.3 is 18.2 Å². The predicted octanol–water partition coefficient (Wildman–Crippen LogP) is 4.89. The zero-order chi connectivity index (χ0) is 41.8. The van der Waals surface area contributed by atoms with Crippen LogP contribution >= 0.6 is 0 Å². The Morgan fingerprint density at radius 2 is 1.63 bits per heavy atom. The van der Waals surface area contributed by atoms with Crippen molar-refractivity contribution in [2.75, 3.05) is 57.9 Å². The van der Waals surface area contributed by atoms with Crippen molar-refractivity contribution >= 4 is 33.6 Å². The highest BCUT2D eigenvalue weighted by Crippen LogP contribution is 2.50. The SMILES string of the molecule is CCOc1ncccc1C1(NC(=O)N2CCC3(CCN(CC)CC3)CC2)C(=O)N(S(=O)(=O)c2ccc(OC)cc2OC)c2ccc(C#N)cc21.O=C(O)C(F)(F)F. The minimum atomic E-state index is -5.08. The summed E-state index contributed by atoms with van der Waals surface area (Å²) in [5.74, 6) is -3.39. The maximum atomic E-state index is 15.2. The van der Waals surface area contributed by atoms with Crippen molar-refractivity contribution in [2.45, 2.75) is 56.1 Å². The zero-order valence-electron chi connectivity index (χ0n) is 31.8. The fraction of sp³-hybridized carbons (Fsp3) is 0.447. The molecule has 1 atom stereocenters. The molecule has 1 unspecified atom stereocenters. The number of hydrogen-bond donors (Lipinski definition) is 2. The Morgan fingerprint density at radius 1 is 0.982 bits per heavy atom. The number of nitrogens with zero attached hydrogens (tertiary/aromatic N) is 5. The van der Waals surface area contributed by atoms with Crippen LogP contribution in [0.25, 0.3) is 0 Å². The van der Waals surface area contributed by atoms with Crippen LogP contribution in [0, 0.1) is 16.7 Å². The van der Waals surface area contributed by atoms with Crippen LogP contribution in [-0.4, -0.2) is 106 Å². The molecular formula is C38H43F3N6O9S. The summed E-state index contributed by atoms with van der Waals surface area (Å²) in [5.41, 5.74) is -1.61. The monoisotopic (exact) mass is 816 g/mol. The molecule has 3 amide bonds. The number of carbonyl (C=O) groups is 3. The van der Waals surface area contributed by atoms with Crippen LogP contribution in [-0.2, 0) is 25.2 Å². The Hall–Kier alpha value is -5.61. The van der Waals surface area contributed by atoms with Crippen molar-refractivity contribution < 1.29 is 55.3 Å². The van der Waals surface area contributed by atoms with E-state index in [1.54, 1.807) is 24.0 Å². The molecule has 0 bridgehead atoms. The second-order valence-corrected chi connectivity index (χ2v) is 15.4. The number of sulfonamides is 1. The second kappa shape index (κ2) is 16.9. The summed E-state index contributed by atoms with van der Waals surface area (Å²) >= 11 is 0. The summed E-state index contributed by atoms with van der Waals surface area (Å²) in [6, 6.07) is 13.1. The van der Waals surface area contributed by atoms with E-state index in [2.05, 4.69) is 28.2 Å². The first-order valence-corrected chi connectivity index (χ1v) is 19.5. The minimum absolute atomic E-state index is 0.0289. The van der Waals surface area contributed by atoms with Gasteiger partial charge in [-0.3, -0.25) is 4.79 Å². The van der Waals surface area contributed by atoms with E-state index in [0.29, 0.717) is 23.1 Å². The molecular weight excluding hydrogens is 774 g/mol. The topological polar surface area (TPSA) is 192 Å². The largest absolute Gasteiger partial charge is 0.497 e. The Labute approximate surface area is 328 Å². The van der Waals surface area contributed by atoms with Crippen LogP contribution < -0.4 is 23.8 Å². The van der Waals surface area contributed by atoms with Crippen molar-refractivity contribution in [1.82, 2.24) is 20.1 Å². The van der Waals surface area contributed by atoms with Crippen LogP contribution in [0.5, 0.6) is 17.4 Å². The number of aromatic nitrogens is 1. The highest BCUT2D eigenvalue weighted by Gasteiger charge is 2.59. The van der Waals surface area contributed by atoms with Crippen LogP contribution in [0.2, 0.25) is 0 Å². The van der Waals surface area contributed by atoms with Crippen molar-refractivity contribution in [3.8, 4) is 23.4 Å². The number of hydrogen-bond acceptors (Lipinski definition) is 11. The normalized spacial score (nSPS) is 19.2. The van der Waals surface area contributed by atoms with E-state index in [-0.39, 0.29) is 50.9 Å². The number of carboxylic acid groups (broad SMARTS) is 1. The van der Waals surface area contributed by atoms with Crippen LogP contribution in [0.15, 0.2) is 59.6 Å². The molecule has 2 saturated heterocycles. The third-order valence-corrected chi connectivity index (χ3v) is 12.3. The number of methoxy groups -OCH3 is 2. The number of ether oxygens (including phenoxy) is 3. The lowest BCUT2D eigenvalue weighted by atomic mass is 9.71. The first kappa shape index (κ1) is 42.5. The van der Waals surface area contributed by atoms with Gasteiger partial charge in [-0.2, -0.15) is 22.7 Å². The predicted molar refractivity (Wildman–Crippen MR) is 198 cm³/mol. The second-order valence-electron chi connectivity index (χ2n) is 13.6. The quantitative estimate of drug-likeness (QED) is 0.298. The number of aliphatic carboxylic acids is 1. The Balaban J connectivity index is 0.000000811. The Kier molecular flexibility index (Phi) is 12.6. The molecule has 1 aromatic heterocycles. The van der Waals surface area contributed by atoms with Crippen LogP contribution in [0.3, 0.4) is 0 Å². The number of likely N-dealkylation sites (tertiary alicyclic amines) is 2. The molecule has 3 aliphatic heterocycles. The first-order valence-electron chi connectivity index (χ1n) is 18.1. The van der Waals surface area contributed by atoms with Gasteiger partial charge < -0.3 is 34.4 Å². The van der Waals surface area contributed by atoms with E-state index in [1.807, 2.05) is 0 Å². The third-order valence-electron chi connectivity index (χ3n) is 10.6. The molecule has 2 fully saturated rings. The van der Waals surface area contributed by atoms with Gasteiger partial charge in [-0.15, -0.1) is 0 Å². The molecule has 3 aromatic rings. The lowest BCUT2D eigenvalue weighted by Crippen LogP contribution is -2.59. The van der Waals surface area contributed by atoms with Gasteiger partial charge in [-0.1, -0.05) is 6.92 Å². The minimum Gasteiger partial charge on any atom is -0.497 e. The molecule has 6 rings (SSSR count). The number of fused-ring (bicyclic) bond motifs is 1. The standard InChI is InChI=1S/C36H42N6O7S.C2HF3O2/c1-5-40-18-13-35(14-19-40)15-20-41(21-16-35)34(44)39-36(27-8-7-17-38-32(27)49-6-2)28-22-25(24-37)9-11-29(28)42(33(36)43)50(45,46)31-12-10-26(47-3)23-30(31)48-4;3-2(4,5)1(6)7/h7-12,17,22-23H,5-6,13-16,18-21H2,1-4H3,(H,39,44);(H,6,7). The summed E-state index contributed by atoms with van der Waals surface area (Å²) in [4.78, 5) is 46.7. The molecule has 0 aliphatic carbocycles. The lowest BCUT2D eigenvalue weighted by Gasteiger charge is -2.47. The number of benzene rings is 2. The number of amides is 3. The van der Waals surface area contributed by atoms with Crippen molar-refractivity contribution in [3.63, 3.8) is 0 Å². The number of halogens is 3. The van der Waals surface area contributed by atoms with E-state index in [4.69, 9.17) is 24.1 Å². The van der Waals surface area contributed by atoms with Gasteiger partial charge in [0.25, 0.3) is 15.9 Å². The molecule has 19 heteroatoms. The lowest BCUT2D eigenvalue weighted by molar-refractivity contribution is -0.192. The zero-order valence-corrected chi connectivity index (χ0v) is 32.6. The third kappa shape index (κ3) is 8.28. The molecule has 3 aliphatic rings. The molecule has 306 valence electrons. The Bertz CT molecular complexity index is 2150. The van der Waals surface area contributed by atoms with E-state index in [9.17, 15) is 31.6 Å². The average molecular weight is 817 g/mol. The van der Waals surface area contributed by atoms with E-state index < -0.39 is 39.6 Å². The molecule has 57 heavy (non-hydrogen) atoms. The maximum Gasteiger partial charge on any atom is 0.490 e. The van der Waals surface area contributed by atoms with Crippen LogP contribution in [0.4, 0.5) is 23.7 Å². The van der Waals surface area contributed by atoms with Gasteiger partial charge in [0.1, 0.15) is 16.4 Å². The summed E-state index contributed by atoms with van der Waals surface area (Å²) in [6.45, 7) is 8.14. The number of carbonyl (C=O) groups excluding carboxylic acids is 2. The van der Waals surface area contributed by atoms with Gasteiger partial charge in [-0.05, 0) is 100 Å². The first-order chi connectivity index (χ1) is 27.0. The molecule has 0 saturated carbocycles. The van der Waals surface area contributed by atoms with Gasteiger partial charge in [0.2, 0.25) is 5.88 Å². The van der Waals surface area contributed by atoms with E-state index in [1.165, 1.54) is 56.8 Å². The number of rotatable bonds is 9. The van der Waals surface area contributed by atoms with Gasteiger partial charge in [0.15, 0.2) is 5.54 Å². The molecule has 1 spiro atoms. The maximum absolute atomic E-state index is 15.2. The number of alkyl halides is 3. The van der Waals surface area contributed by atoms with Crippen molar-refractivity contribution in [2.24, 2.45) is 5.41 Å². The Morgan fingerprint density at radius 3 is 2.19 bits per heavy atom. The van der Waals surface area contributed by atoms with Gasteiger partial charge in [0.05, 0.1) is 43.7 Å². The number of piperidine rings is 2. The molecule has 0 radical (unpaired) electrons. The smallest absolute Gasteiger partial charge is 0.490 e. The van der Waals surface area contributed by atoms with Crippen molar-refractivity contribution in [1.29, 1.82) is 5.26 Å². The number of pyridine rings is 1. The number of carboxylic acids is 1. The molecule has 2 aromatic carbocycles. The average Bonchev–Trinajstić information content (AvgIpc) is 3.45. The fourth-order valence-corrected chi connectivity index (χ4v) is 9.04.